The van der Waals surface area contributed by atoms with Gasteiger partial charge in [0.25, 0.3) is 5.91 Å². The maximum absolute atomic E-state index is 12.9. The molecule has 0 radical (unpaired) electrons. The van der Waals surface area contributed by atoms with Crippen molar-refractivity contribution in [2.24, 2.45) is 11.1 Å². The highest BCUT2D eigenvalue weighted by Crippen LogP contribution is 2.29. The third-order valence-electron chi connectivity index (χ3n) is 5.13. The number of hydrogen-bond donors (Lipinski definition) is 2. The molecule has 3 N–H and O–H groups in total. The number of hydrogen-bond acceptors (Lipinski definition) is 4. The molecule has 1 atom stereocenters. The Bertz CT molecular complexity index is 1210. The molecule has 0 fully saturated rings. The zero-order valence-electron chi connectivity index (χ0n) is 18.2. The maximum Gasteiger partial charge on any atom is 0.416 e. The van der Waals surface area contributed by atoms with E-state index in [4.69, 9.17) is 5.73 Å². The number of primary amides is 1. The Balaban J connectivity index is 1.90. The number of fused-ring (bicyclic) bond motifs is 1. The summed E-state index contributed by atoms with van der Waals surface area (Å²) in [4.78, 5) is 37.5. The number of nitrogens with two attached hydrogens (primary N) is 1. The minimum Gasteiger partial charge on any atom is -0.368 e. The molecule has 0 saturated heterocycles. The SMILES string of the molecule is CC(C)(C)C(NC(=O)c1nn(CC(=O)c2ccc(C(F)(F)F)cc2)c2ccccc12)C(N)=O. The standard InChI is InChI=1S/C23H23F3N4O3/c1-22(2,3)19(20(27)32)28-21(33)18-15-6-4-5-7-16(15)30(29-18)12-17(31)13-8-10-14(11-9-13)23(24,25)26/h4-11,19H,12H2,1-3H3,(H2,27,32)(H,28,33). The second-order valence-corrected chi connectivity index (χ2v) is 8.70. The number of nitrogens with one attached hydrogen (secondary N) is 1. The molecule has 0 saturated carbocycles. The third-order valence-corrected chi connectivity index (χ3v) is 5.13. The fourth-order valence-electron chi connectivity index (χ4n) is 3.40. The van der Waals surface area contributed by atoms with Gasteiger partial charge in [0.15, 0.2) is 11.5 Å². The molecule has 2 aromatic carbocycles. The zero-order valence-corrected chi connectivity index (χ0v) is 18.2. The summed E-state index contributed by atoms with van der Waals surface area (Å²) in [6, 6.07) is 9.62. The molecule has 2 amide bonds. The van der Waals surface area contributed by atoms with Crippen LogP contribution in [-0.2, 0) is 17.5 Å². The summed E-state index contributed by atoms with van der Waals surface area (Å²) in [5.74, 6) is -1.81. The maximum atomic E-state index is 12.9. The number of aromatic nitrogens is 2. The first-order valence-corrected chi connectivity index (χ1v) is 10.0. The fraction of sp³-hybridized carbons (Fsp3) is 0.304. The van der Waals surface area contributed by atoms with E-state index in [0.29, 0.717) is 10.9 Å². The molecule has 1 unspecified atom stereocenters. The van der Waals surface area contributed by atoms with Crippen LogP contribution in [0.15, 0.2) is 48.5 Å². The fourth-order valence-corrected chi connectivity index (χ4v) is 3.40. The van der Waals surface area contributed by atoms with Crippen molar-refractivity contribution < 1.29 is 27.6 Å². The molecular weight excluding hydrogens is 437 g/mol. The largest absolute Gasteiger partial charge is 0.416 e. The number of rotatable bonds is 6. The lowest BCUT2D eigenvalue weighted by molar-refractivity contribution is -0.137. The number of alkyl halides is 3. The van der Waals surface area contributed by atoms with Gasteiger partial charge in [-0.15, -0.1) is 0 Å². The van der Waals surface area contributed by atoms with Crippen LogP contribution in [0.1, 0.15) is 47.2 Å². The van der Waals surface area contributed by atoms with Crippen LogP contribution in [-0.4, -0.2) is 33.4 Å². The number of nitrogens with zero attached hydrogens (tertiary/aromatic N) is 2. The smallest absolute Gasteiger partial charge is 0.368 e. The monoisotopic (exact) mass is 460 g/mol. The van der Waals surface area contributed by atoms with Gasteiger partial charge in [0, 0.05) is 10.9 Å². The number of Topliss-reactive ketones (excluding diaryl/α,β-unsaturated/α-hetero) is 1. The Hall–Kier alpha value is -3.69. The molecular formula is C23H23F3N4O3. The number of halogens is 3. The van der Waals surface area contributed by atoms with Crippen molar-refractivity contribution in [1.29, 1.82) is 0 Å². The lowest BCUT2D eigenvalue weighted by Crippen LogP contribution is -2.52. The number of benzene rings is 2. The average molecular weight is 460 g/mol. The van der Waals surface area contributed by atoms with Gasteiger partial charge in [-0.2, -0.15) is 18.3 Å². The number of amides is 2. The molecule has 0 aliphatic heterocycles. The van der Waals surface area contributed by atoms with E-state index in [1.54, 1.807) is 45.0 Å². The summed E-state index contributed by atoms with van der Waals surface area (Å²) in [6.07, 6.45) is -4.50. The van der Waals surface area contributed by atoms with Gasteiger partial charge in [0.2, 0.25) is 5.91 Å². The van der Waals surface area contributed by atoms with E-state index < -0.39 is 40.8 Å². The van der Waals surface area contributed by atoms with Crippen LogP contribution < -0.4 is 11.1 Å². The van der Waals surface area contributed by atoms with Crippen LogP contribution >= 0.6 is 0 Å². The molecule has 3 rings (SSSR count). The van der Waals surface area contributed by atoms with E-state index in [9.17, 15) is 27.6 Å². The molecule has 7 nitrogen and oxygen atoms in total. The Labute approximate surface area is 187 Å². The van der Waals surface area contributed by atoms with E-state index in [0.717, 1.165) is 24.3 Å². The first kappa shape index (κ1) is 24.0. The van der Waals surface area contributed by atoms with Crippen molar-refractivity contribution >= 4 is 28.5 Å². The highest BCUT2D eigenvalue weighted by molar-refractivity contribution is 6.06. The predicted molar refractivity (Wildman–Crippen MR) is 115 cm³/mol. The molecule has 174 valence electrons. The molecule has 0 aliphatic carbocycles. The van der Waals surface area contributed by atoms with Gasteiger partial charge in [-0.1, -0.05) is 51.1 Å². The summed E-state index contributed by atoms with van der Waals surface area (Å²) < 4.78 is 39.6. The third kappa shape index (κ3) is 5.21. The number of ketones is 1. The average Bonchev–Trinajstić information content (AvgIpc) is 3.09. The Morgan fingerprint density at radius 2 is 1.64 bits per heavy atom. The van der Waals surface area contributed by atoms with Crippen LogP contribution in [0.5, 0.6) is 0 Å². The van der Waals surface area contributed by atoms with E-state index in [1.807, 2.05) is 0 Å². The molecule has 10 heteroatoms. The molecule has 0 bridgehead atoms. The quantitative estimate of drug-likeness (QED) is 0.549. The summed E-state index contributed by atoms with van der Waals surface area (Å²) in [5.41, 5.74) is 4.50. The van der Waals surface area contributed by atoms with Gasteiger partial charge in [-0.25, -0.2) is 0 Å². The number of carbonyl (C=O) groups is 3. The minimum absolute atomic E-state index is 0.00122. The van der Waals surface area contributed by atoms with Crippen molar-refractivity contribution in [2.45, 2.75) is 39.5 Å². The van der Waals surface area contributed by atoms with Gasteiger partial charge >= 0.3 is 6.18 Å². The summed E-state index contributed by atoms with van der Waals surface area (Å²) >= 11 is 0. The van der Waals surface area contributed by atoms with Gasteiger partial charge in [-0.05, 0) is 23.6 Å². The summed E-state index contributed by atoms with van der Waals surface area (Å²) in [5, 5.41) is 7.31. The van der Waals surface area contributed by atoms with Crippen molar-refractivity contribution in [3.8, 4) is 0 Å². The van der Waals surface area contributed by atoms with Gasteiger partial charge < -0.3 is 11.1 Å². The Morgan fingerprint density at radius 3 is 2.18 bits per heavy atom. The van der Waals surface area contributed by atoms with E-state index >= 15 is 0 Å². The first-order chi connectivity index (χ1) is 15.3. The Kier molecular flexibility index (Phi) is 6.31. The lowest BCUT2D eigenvalue weighted by atomic mass is 9.86. The molecule has 0 aliphatic rings. The summed E-state index contributed by atoms with van der Waals surface area (Å²) in [7, 11) is 0. The van der Waals surface area contributed by atoms with Crippen LogP contribution in [0.3, 0.4) is 0 Å². The minimum atomic E-state index is -4.50. The number of carbonyl (C=O) groups excluding carboxylic acids is 3. The molecule has 1 aromatic heterocycles. The van der Waals surface area contributed by atoms with Crippen molar-refractivity contribution in [1.82, 2.24) is 15.1 Å². The molecule has 33 heavy (non-hydrogen) atoms. The van der Waals surface area contributed by atoms with Gasteiger partial charge in [0.1, 0.15) is 12.6 Å². The van der Waals surface area contributed by atoms with Crippen molar-refractivity contribution in [3.63, 3.8) is 0 Å². The van der Waals surface area contributed by atoms with Crippen LogP contribution in [0.2, 0.25) is 0 Å². The zero-order chi connectivity index (χ0) is 24.6. The van der Waals surface area contributed by atoms with E-state index in [1.165, 1.54) is 4.68 Å². The molecule has 0 spiro atoms. The Morgan fingerprint density at radius 1 is 1.03 bits per heavy atom. The lowest BCUT2D eigenvalue weighted by Gasteiger charge is -2.28. The second kappa shape index (κ2) is 8.68. The van der Waals surface area contributed by atoms with Crippen LogP contribution in [0.4, 0.5) is 13.2 Å². The van der Waals surface area contributed by atoms with Crippen LogP contribution in [0.25, 0.3) is 10.9 Å². The van der Waals surface area contributed by atoms with E-state index in [-0.39, 0.29) is 17.8 Å². The highest BCUT2D eigenvalue weighted by Gasteiger charge is 2.33. The molecule has 3 aromatic rings. The normalized spacial score (nSPS) is 13.0. The second-order valence-electron chi connectivity index (χ2n) is 8.70. The topological polar surface area (TPSA) is 107 Å². The van der Waals surface area contributed by atoms with Crippen molar-refractivity contribution in [3.05, 3.63) is 65.4 Å². The highest BCUT2D eigenvalue weighted by atomic mass is 19.4. The first-order valence-electron chi connectivity index (χ1n) is 10.0. The van der Waals surface area contributed by atoms with E-state index in [2.05, 4.69) is 10.4 Å². The molecule has 1 heterocycles. The van der Waals surface area contributed by atoms with Gasteiger partial charge in [-0.3, -0.25) is 19.1 Å². The summed E-state index contributed by atoms with van der Waals surface area (Å²) in [6.45, 7) is 4.96. The predicted octanol–water partition coefficient (Wildman–Crippen LogP) is 3.57. The van der Waals surface area contributed by atoms with Crippen molar-refractivity contribution in [2.75, 3.05) is 0 Å². The number of para-hydroxylation sites is 1. The van der Waals surface area contributed by atoms with Crippen LogP contribution in [0, 0.1) is 5.41 Å². The van der Waals surface area contributed by atoms with Gasteiger partial charge in [0.05, 0.1) is 11.1 Å².